The van der Waals surface area contributed by atoms with Gasteiger partial charge in [0.2, 0.25) is 0 Å². The van der Waals surface area contributed by atoms with E-state index in [4.69, 9.17) is 4.74 Å². The lowest BCUT2D eigenvalue weighted by Gasteiger charge is -2.19. The zero-order valence-electron chi connectivity index (χ0n) is 11.8. The number of aryl methyl sites for hydroxylation is 1. The van der Waals surface area contributed by atoms with Crippen molar-refractivity contribution >= 4 is 0 Å². The lowest BCUT2D eigenvalue weighted by Crippen LogP contribution is -2.24. The van der Waals surface area contributed by atoms with E-state index >= 15 is 0 Å². The van der Waals surface area contributed by atoms with Gasteiger partial charge >= 0.3 is 0 Å². The molecule has 0 aliphatic rings. The van der Waals surface area contributed by atoms with E-state index in [1.54, 1.807) is 6.07 Å². The summed E-state index contributed by atoms with van der Waals surface area (Å²) in [6.07, 6.45) is 2.94. The highest BCUT2D eigenvalue weighted by Crippen LogP contribution is 2.27. The standard InChI is InChI=1S/C16H19NO2/c1-12-11-17(18)10-9-15(12)19-14-7-5-13(6-8-14)16(2,3)4/h5-11H,1-4H3. The van der Waals surface area contributed by atoms with E-state index in [0.717, 1.165) is 16.0 Å². The average Bonchev–Trinajstić information content (AvgIpc) is 2.32. The van der Waals surface area contributed by atoms with Crippen molar-refractivity contribution in [2.24, 2.45) is 0 Å². The summed E-state index contributed by atoms with van der Waals surface area (Å²) in [6, 6.07) is 9.74. The van der Waals surface area contributed by atoms with E-state index in [1.807, 2.05) is 19.1 Å². The van der Waals surface area contributed by atoms with Crippen LogP contribution in [0.1, 0.15) is 31.9 Å². The zero-order valence-corrected chi connectivity index (χ0v) is 11.8. The molecule has 100 valence electrons. The summed E-state index contributed by atoms with van der Waals surface area (Å²) in [5, 5.41) is 11.1. The Hall–Kier alpha value is -2.03. The summed E-state index contributed by atoms with van der Waals surface area (Å²) in [6.45, 7) is 8.39. The second-order valence-electron chi connectivity index (χ2n) is 5.73. The molecule has 0 fully saturated rings. The first-order chi connectivity index (χ1) is 8.86. The molecule has 0 aliphatic carbocycles. The number of hydrogen-bond acceptors (Lipinski definition) is 2. The van der Waals surface area contributed by atoms with Gasteiger partial charge in [-0.1, -0.05) is 32.9 Å². The second-order valence-corrected chi connectivity index (χ2v) is 5.73. The van der Waals surface area contributed by atoms with Gasteiger partial charge in [0, 0.05) is 6.07 Å². The number of nitrogens with zero attached hydrogens (tertiary/aromatic N) is 1. The minimum absolute atomic E-state index is 0.134. The van der Waals surface area contributed by atoms with Crippen molar-refractivity contribution in [3.8, 4) is 11.5 Å². The van der Waals surface area contributed by atoms with Crippen molar-refractivity contribution in [1.82, 2.24) is 0 Å². The van der Waals surface area contributed by atoms with Crippen LogP contribution in [0.25, 0.3) is 0 Å². The molecule has 0 radical (unpaired) electrons. The third-order valence-electron chi connectivity index (χ3n) is 3.03. The van der Waals surface area contributed by atoms with Gasteiger partial charge in [-0.05, 0) is 30.0 Å². The molecule has 0 atom stereocenters. The summed E-state index contributed by atoms with van der Waals surface area (Å²) in [5.41, 5.74) is 2.22. The Morgan fingerprint density at radius 2 is 1.68 bits per heavy atom. The van der Waals surface area contributed by atoms with Gasteiger partial charge in [0.25, 0.3) is 0 Å². The molecular formula is C16H19NO2. The molecule has 0 aliphatic heterocycles. The van der Waals surface area contributed by atoms with Gasteiger partial charge in [0.05, 0.1) is 5.56 Å². The highest BCUT2D eigenvalue weighted by Gasteiger charge is 2.13. The summed E-state index contributed by atoms with van der Waals surface area (Å²) in [7, 11) is 0. The number of benzene rings is 1. The van der Waals surface area contributed by atoms with Crippen LogP contribution in [0.3, 0.4) is 0 Å². The summed E-state index contributed by atoms with van der Waals surface area (Å²) in [5.74, 6) is 1.48. The lowest BCUT2D eigenvalue weighted by molar-refractivity contribution is -0.605. The Kier molecular flexibility index (Phi) is 3.47. The van der Waals surface area contributed by atoms with E-state index in [0.29, 0.717) is 5.75 Å². The second kappa shape index (κ2) is 4.92. The van der Waals surface area contributed by atoms with E-state index in [1.165, 1.54) is 18.0 Å². The van der Waals surface area contributed by atoms with Crippen LogP contribution < -0.4 is 9.47 Å². The van der Waals surface area contributed by atoms with E-state index in [2.05, 4.69) is 32.9 Å². The zero-order chi connectivity index (χ0) is 14.0. The molecule has 0 saturated carbocycles. The van der Waals surface area contributed by atoms with Crippen molar-refractivity contribution in [3.63, 3.8) is 0 Å². The predicted octanol–water partition coefficient (Wildman–Crippen LogP) is 3.72. The topological polar surface area (TPSA) is 36.2 Å². The maximum Gasteiger partial charge on any atom is 0.186 e. The third-order valence-corrected chi connectivity index (χ3v) is 3.03. The molecule has 1 heterocycles. The highest BCUT2D eigenvalue weighted by molar-refractivity contribution is 5.36. The van der Waals surface area contributed by atoms with Gasteiger partial charge in [-0.3, -0.25) is 0 Å². The quantitative estimate of drug-likeness (QED) is 0.607. The van der Waals surface area contributed by atoms with Crippen molar-refractivity contribution in [2.75, 3.05) is 0 Å². The first-order valence-electron chi connectivity index (χ1n) is 6.34. The van der Waals surface area contributed by atoms with Crippen LogP contribution in [0, 0.1) is 12.1 Å². The van der Waals surface area contributed by atoms with Crippen molar-refractivity contribution in [2.45, 2.75) is 33.1 Å². The van der Waals surface area contributed by atoms with E-state index < -0.39 is 0 Å². The van der Waals surface area contributed by atoms with Crippen molar-refractivity contribution in [1.29, 1.82) is 0 Å². The molecular weight excluding hydrogens is 238 g/mol. The lowest BCUT2D eigenvalue weighted by atomic mass is 9.87. The molecule has 2 rings (SSSR count). The number of pyridine rings is 1. The maximum absolute atomic E-state index is 11.1. The predicted molar refractivity (Wildman–Crippen MR) is 75.4 cm³/mol. The summed E-state index contributed by atoms with van der Waals surface area (Å²) in [4.78, 5) is 0. The molecule has 19 heavy (non-hydrogen) atoms. The Labute approximate surface area is 114 Å². The minimum Gasteiger partial charge on any atom is -0.619 e. The van der Waals surface area contributed by atoms with Crippen LogP contribution in [0.5, 0.6) is 11.5 Å². The number of rotatable bonds is 2. The van der Waals surface area contributed by atoms with Gasteiger partial charge in [0.1, 0.15) is 11.5 Å². The molecule has 0 N–H and O–H groups in total. The van der Waals surface area contributed by atoms with Gasteiger partial charge in [-0.15, -0.1) is 0 Å². The van der Waals surface area contributed by atoms with Gasteiger partial charge < -0.3 is 9.94 Å². The van der Waals surface area contributed by atoms with E-state index in [-0.39, 0.29) is 5.41 Å². The normalized spacial score (nSPS) is 11.4. The van der Waals surface area contributed by atoms with Crippen LogP contribution in [-0.4, -0.2) is 0 Å². The fourth-order valence-corrected chi connectivity index (χ4v) is 1.83. The number of hydrogen-bond donors (Lipinski definition) is 0. The molecule has 0 saturated heterocycles. The van der Waals surface area contributed by atoms with Gasteiger partial charge in [-0.2, -0.15) is 4.73 Å². The minimum atomic E-state index is 0.134. The fraction of sp³-hybridized carbons (Fsp3) is 0.312. The molecule has 0 bridgehead atoms. The first-order valence-corrected chi connectivity index (χ1v) is 6.34. The third kappa shape index (κ3) is 3.25. The van der Waals surface area contributed by atoms with Crippen LogP contribution in [0.15, 0.2) is 42.7 Å². The monoisotopic (exact) mass is 257 g/mol. The summed E-state index contributed by atoms with van der Waals surface area (Å²) >= 11 is 0. The fourth-order valence-electron chi connectivity index (χ4n) is 1.83. The average molecular weight is 257 g/mol. The summed E-state index contributed by atoms with van der Waals surface area (Å²) < 4.78 is 6.55. The Balaban J connectivity index is 2.20. The Bertz CT molecular complexity index is 568. The van der Waals surface area contributed by atoms with Crippen LogP contribution in [0.2, 0.25) is 0 Å². The van der Waals surface area contributed by atoms with Crippen molar-refractivity contribution < 1.29 is 9.47 Å². The molecule has 0 amide bonds. The van der Waals surface area contributed by atoms with Gasteiger partial charge in [-0.25, -0.2) is 0 Å². The van der Waals surface area contributed by atoms with Crippen LogP contribution >= 0.6 is 0 Å². The number of aromatic nitrogens is 1. The highest BCUT2D eigenvalue weighted by atomic mass is 16.5. The molecule has 1 aromatic carbocycles. The van der Waals surface area contributed by atoms with E-state index in [9.17, 15) is 5.21 Å². The van der Waals surface area contributed by atoms with Crippen molar-refractivity contribution in [3.05, 3.63) is 59.1 Å². The number of ether oxygens (including phenoxy) is 1. The molecule has 3 nitrogen and oxygen atoms in total. The maximum atomic E-state index is 11.1. The van der Waals surface area contributed by atoms with Gasteiger partial charge in [0.15, 0.2) is 12.4 Å². The molecule has 3 heteroatoms. The molecule has 1 aromatic heterocycles. The molecule has 2 aromatic rings. The Morgan fingerprint density at radius 1 is 1.05 bits per heavy atom. The van der Waals surface area contributed by atoms with Crippen LogP contribution in [0.4, 0.5) is 0 Å². The molecule has 0 unspecified atom stereocenters. The largest absolute Gasteiger partial charge is 0.619 e. The first kappa shape index (κ1) is 13.4. The SMILES string of the molecule is Cc1c[n+]([O-])ccc1Oc1ccc(C(C)(C)C)cc1. The van der Waals surface area contributed by atoms with Crippen LogP contribution in [-0.2, 0) is 5.41 Å². The Morgan fingerprint density at radius 3 is 2.21 bits per heavy atom. The smallest absolute Gasteiger partial charge is 0.186 e. The molecule has 0 spiro atoms.